The lowest BCUT2D eigenvalue weighted by Gasteiger charge is -2.37. The van der Waals surface area contributed by atoms with Gasteiger partial charge in [0, 0.05) is 18.1 Å². The molecule has 0 spiro atoms. The van der Waals surface area contributed by atoms with Gasteiger partial charge in [0.2, 0.25) is 0 Å². The number of benzene rings is 2. The molecule has 0 bridgehead atoms. The molecule has 2 atom stereocenters. The van der Waals surface area contributed by atoms with Gasteiger partial charge in [0.05, 0.1) is 18.4 Å². The third kappa shape index (κ3) is 3.94. The van der Waals surface area contributed by atoms with Crippen molar-refractivity contribution >= 4 is 34.7 Å². The summed E-state index contributed by atoms with van der Waals surface area (Å²) in [5, 5.41) is 0.572. The second-order valence-electron chi connectivity index (χ2n) is 8.68. The number of hydrogen-bond donors (Lipinski definition) is 0. The average molecular weight is 439 g/mol. The number of piperidine rings is 1. The molecule has 162 valence electrons. The first-order valence-corrected chi connectivity index (χ1v) is 11.0. The largest absolute Gasteiger partial charge is 0.497 e. The molecule has 2 heterocycles. The molecule has 0 saturated carbocycles. The number of hydrogen-bond acceptors (Lipinski definition) is 4. The highest BCUT2D eigenvalue weighted by Gasteiger charge is 2.44. The molecule has 2 aliphatic heterocycles. The van der Waals surface area contributed by atoms with Crippen molar-refractivity contribution in [2.24, 2.45) is 11.8 Å². The molecule has 0 N–H and O–H groups in total. The summed E-state index contributed by atoms with van der Waals surface area (Å²) in [6.45, 7) is 7.76. The van der Waals surface area contributed by atoms with Crippen molar-refractivity contribution in [2.75, 3.05) is 25.1 Å². The fourth-order valence-electron chi connectivity index (χ4n) is 4.76. The number of amides is 2. The highest BCUT2D eigenvalue weighted by molar-refractivity contribution is 6.45. The predicted octanol–water partition coefficient (Wildman–Crippen LogP) is 4.92. The van der Waals surface area contributed by atoms with Gasteiger partial charge < -0.3 is 9.64 Å². The van der Waals surface area contributed by atoms with E-state index in [1.165, 1.54) is 4.90 Å². The van der Waals surface area contributed by atoms with Crippen LogP contribution in [0.3, 0.4) is 0 Å². The predicted molar refractivity (Wildman–Crippen MR) is 123 cm³/mol. The van der Waals surface area contributed by atoms with E-state index in [2.05, 4.69) is 18.7 Å². The van der Waals surface area contributed by atoms with E-state index in [1.807, 2.05) is 31.2 Å². The lowest BCUT2D eigenvalue weighted by atomic mass is 9.91. The van der Waals surface area contributed by atoms with Crippen LogP contribution in [-0.2, 0) is 9.59 Å². The van der Waals surface area contributed by atoms with Gasteiger partial charge in [-0.25, -0.2) is 4.90 Å². The zero-order valence-electron chi connectivity index (χ0n) is 18.3. The lowest BCUT2D eigenvalue weighted by molar-refractivity contribution is -0.120. The smallest absolute Gasteiger partial charge is 0.282 e. The number of halogens is 1. The summed E-state index contributed by atoms with van der Waals surface area (Å²) in [5.74, 6) is 1.02. The number of rotatable bonds is 4. The Labute approximate surface area is 188 Å². The van der Waals surface area contributed by atoms with Crippen molar-refractivity contribution < 1.29 is 14.3 Å². The third-order valence-electron chi connectivity index (χ3n) is 6.02. The van der Waals surface area contributed by atoms with E-state index in [9.17, 15) is 9.59 Å². The Morgan fingerprint density at radius 3 is 2.19 bits per heavy atom. The summed E-state index contributed by atoms with van der Waals surface area (Å²) in [6.07, 6.45) is 1.11. The van der Waals surface area contributed by atoms with E-state index in [0.717, 1.165) is 25.1 Å². The number of carbonyl (C=O) groups is 2. The van der Waals surface area contributed by atoms with Gasteiger partial charge in [-0.2, -0.15) is 0 Å². The molecule has 6 heteroatoms. The van der Waals surface area contributed by atoms with Crippen molar-refractivity contribution in [2.45, 2.75) is 27.2 Å². The van der Waals surface area contributed by atoms with Crippen LogP contribution in [-0.4, -0.2) is 36.9 Å². The van der Waals surface area contributed by atoms with Gasteiger partial charge >= 0.3 is 0 Å². The summed E-state index contributed by atoms with van der Waals surface area (Å²) in [4.78, 5) is 30.8. The van der Waals surface area contributed by atoms with Crippen LogP contribution in [0, 0.1) is 18.8 Å². The number of aryl methyl sites for hydroxylation is 1. The number of carbonyl (C=O) groups excluding carboxylic acids is 2. The lowest BCUT2D eigenvalue weighted by Crippen LogP contribution is -2.42. The Kier molecular flexibility index (Phi) is 5.80. The summed E-state index contributed by atoms with van der Waals surface area (Å²) in [5.41, 5.74) is 3.00. The molecule has 0 aliphatic carbocycles. The Hall–Kier alpha value is -2.79. The Morgan fingerprint density at radius 2 is 1.61 bits per heavy atom. The fourth-order valence-corrected chi connectivity index (χ4v) is 4.99. The van der Waals surface area contributed by atoms with E-state index in [1.54, 1.807) is 25.3 Å². The van der Waals surface area contributed by atoms with Gasteiger partial charge in [-0.15, -0.1) is 0 Å². The van der Waals surface area contributed by atoms with Gasteiger partial charge in [-0.1, -0.05) is 37.6 Å². The molecule has 31 heavy (non-hydrogen) atoms. The van der Waals surface area contributed by atoms with Crippen molar-refractivity contribution in [3.05, 3.63) is 64.3 Å². The molecule has 2 aliphatic rings. The summed E-state index contributed by atoms with van der Waals surface area (Å²) < 4.78 is 5.27. The minimum Gasteiger partial charge on any atom is -0.497 e. The standard InChI is InChI=1S/C25H27ClN2O3/c1-15-11-16(2)14-27(13-15)23-22(18-5-8-20(31-4)9-6-18)24(29)28(25(23)30)21-10-7-19(26)12-17(21)3/h5-10,12,15-16H,11,13-14H2,1-4H3. The van der Waals surface area contributed by atoms with E-state index in [4.69, 9.17) is 16.3 Å². The van der Waals surface area contributed by atoms with Gasteiger partial charge in [0.1, 0.15) is 11.4 Å². The first-order chi connectivity index (χ1) is 14.8. The zero-order chi connectivity index (χ0) is 22.3. The van der Waals surface area contributed by atoms with Crippen LogP contribution in [0.1, 0.15) is 31.4 Å². The number of likely N-dealkylation sites (tertiary alicyclic amines) is 1. The van der Waals surface area contributed by atoms with Crippen LogP contribution in [0.25, 0.3) is 5.57 Å². The van der Waals surface area contributed by atoms with E-state index >= 15 is 0 Å². The Bertz CT molecular complexity index is 1050. The number of nitrogens with zero attached hydrogens (tertiary/aromatic N) is 2. The van der Waals surface area contributed by atoms with Crippen molar-refractivity contribution in [1.29, 1.82) is 0 Å². The average Bonchev–Trinajstić information content (AvgIpc) is 2.98. The number of imide groups is 1. The molecule has 2 amide bonds. The number of ether oxygens (including phenoxy) is 1. The number of methoxy groups -OCH3 is 1. The highest BCUT2D eigenvalue weighted by Crippen LogP contribution is 2.38. The summed E-state index contributed by atoms with van der Waals surface area (Å²) in [7, 11) is 1.60. The van der Waals surface area contributed by atoms with Crippen LogP contribution in [0.15, 0.2) is 48.2 Å². The van der Waals surface area contributed by atoms with Gasteiger partial charge in [0.25, 0.3) is 11.8 Å². The maximum atomic E-state index is 13.7. The minimum absolute atomic E-state index is 0.275. The molecular formula is C25H27ClN2O3. The van der Waals surface area contributed by atoms with Crippen molar-refractivity contribution in [1.82, 2.24) is 4.90 Å². The molecule has 2 aromatic rings. The van der Waals surface area contributed by atoms with Crippen LogP contribution in [0.2, 0.25) is 5.02 Å². The van der Waals surface area contributed by atoms with E-state index in [0.29, 0.717) is 45.1 Å². The third-order valence-corrected chi connectivity index (χ3v) is 6.26. The van der Waals surface area contributed by atoms with Crippen LogP contribution >= 0.6 is 11.6 Å². The molecule has 1 fully saturated rings. The van der Waals surface area contributed by atoms with E-state index < -0.39 is 0 Å². The molecule has 0 aromatic heterocycles. The van der Waals surface area contributed by atoms with Gasteiger partial charge in [0.15, 0.2) is 0 Å². The summed E-state index contributed by atoms with van der Waals surface area (Å²) >= 11 is 6.11. The second kappa shape index (κ2) is 8.39. The summed E-state index contributed by atoms with van der Waals surface area (Å²) in [6, 6.07) is 12.5. The maximum Gasteiger partial charge on any atom is 0.282 e. The molecule has 4 rings (SSSR count). The molecule has 5 nitrogen and oxygen atoms in total. The quantitative estimate of drug-likeness (QED) is 0.636. The first kappa shape index (κ1) is 21.4. The molecule has 2 aromatic carbocycles. The van der Waals surface area contributed by atoms with Crippen LogP contribution in [0.5, 0.6) is 5.75 Å². The van der Waals surface area contributed by atoms with Crippen LogP contribution < -0.4 is 9.64 Å². The normalized spacial score (nSPS) is 21.8. The zero-order valence-corrected chi connectivity index (χ0v) is 19.1. The second-order valence-corrected chi connectivity index (χ2v) is 9.12. The maximum absolute atomic E-state index is 13.7. The SMILES string of the molecule is COc1ccc(C2=C(N3CC(C)CC(C)C3)C(=O)N(c3ccc(Cl)cc3C)C2=O)cc1. The fraction of sp³-hybridized carbons (Fsp3) is 0.360. The number of anilines is 1. The molecule has 0 radical (unpaired) electrons. The minimum atomic E-state index is -0.304. The first-order valence-electron chi connectivity index (χ1n) is 10.6. The molecular weight excluding hydrogens is 412 g/mol. The molecule has 2 unspecified atom stereocenters. The van der Waals surface area contributed by atoms with Gasteiger partial charge in [-0.05, 0) is 66.6 Å². The van der Waals surface area contributed by atoms with Crippen molar-refractivity contribution in [3.8, 4) is 5.75 Å². The monoisotopic (exact) mass is 438 g/mol. The topological polar surface area (TPSA) is 49.9 Å². The Morgan fingerprint density at radius 1 is 0.968 bits per heavy atom. The van der Waals surface area contributed by atoms with Crippen LogP contribution in [0.4, 0.5) is 5.69 Å². The van der Waals surface area contributed by atoms with Gasteiger partial charge in [-0.3, -0.25) is 9.59 Å². The molecule has 1 saturated heterocycles. The Balaban J connectivity index is 1.84. The highest BCUT2D eigenvalue weighted by atomic mass is 35.5. The van der Waals surface area contributed by atoms with Crippen molar-refractivity contribution in [3.63, 3.8) is 0 Å². The van der Waals surface area contributed by atoms with E-state index in [-0.39, 0.29) is 11.8 Å².